The van der Waals surface area contributed by atoms with E-state index in [0.29, 0.717) is 11.9 Å². The van der Waals surface area contributed by atoms with Gasteiger partial charge in [-0.15, -0.1) is 0 Å². The highest BCUT2D eigenvalue weighted by atomic mass is 16.2. The molecule has 19 heavy (non-hydrogen) atoms. The maximum absolute atomic E-state index is 12.4. The van der Waals surface area contributed by atoms with Gasteiger partial charge in [-0.1, -0.05) is 25.5 Å². The summed E-state index contributed by atoms with van der Waals surface area (Å²) in [6.07, 6.45) is 10.8. The molecule has 1 unspecified atom stereocenters. The average Bonchev–Trinajstić information content (AvgIpc) is 2.40. The number of rotatable bonds is 5. The molecular formula is C16H28N2O. The topological polar surface area (TPSA) is 32.3 Å². The molecule has 0 saturated carbocycles. The Morgan fingerprint density at radius 2 is 2.21 bits per heavy atom. The van der Waals surface area contributed by atoms with Crippen LogP contribution in [0.2, 0.25) is 0 Å². The lowest BCUT2D eigenvalue weighted by molar-refractivity contribution is -0.136. The first-order valence-corrected chi connectivity index (χ1v) is 7.89. The van der Waals surface area contributed by atoms with Gasteiger partial charge >= 0.3 is 0 Å². The Morgan fingerprint density at radius 1 is 1.37 bits per heavy atom. The Balaban J connectivity index is 1.82. The maximum Gasteiger partial charge on any atom is 0.239 e. The molecule has 1 fully saturated rings. The molecule has 0 radical (unpaired) electrons. The van der Waals surface area contributed by atoms with Gasteiger partial charge in [0.2, 0.25) is 5.91 Å². The van der Waals surface area contributed by atoms with Crippen LogP contribution in [0, 0.1) is 0 Å². The number of nitrogens with zero attached hydrogens (tertiary/aromatic N) is 1. The van der Waals surface area contributed by atoms with E-state index in [1.54, 1.807) is 5.57 Å². The largest absolute Gasteiger partial charge is 0.341 e. The van der Waals surface area contributed by atoms with Gasteiger partial charge in [0.25, 0.3) is 0 Å². The predicted molar refractivity (Wildman–Crippen MR) is 79.0 cm³/mol. The monoisotopic (exact) mass is 264 g/mol. The van der Waals surface area contributed by atoms with Gasteiger partial charge < -0.3 is 10.2 Å². The Hall–Kier alpha value is -0.830. The van der Waals surface area contributed by atoms with Crippen LogP contribution >= 0.6 is 0 Å². The number of likely N-dealkylation sites (tertiary alicyclic amines) is 1. The first-order chi connectivity index (χ1) is 9.16. The number of piperidine rings is 1. The molecule has 1 atom stereocenters. The number of carbonyl (C=O) groups is 1. The van der Waals surface area contributed by atoms with E-state index in [1.807, 2.05) is 0 Å². The molecule has 0 aromatic rings. The van der Waals surface area contributed by atoms with E-state index < -0.39 is 0 Å². The van der Waals surface area contributed by atoms with E-state index >= 15 is 0 Å². The number of allylic oxidation sites excluding steroid dienone is 1. The van der Waals surface area contributed by atoms with Crippen molar-refractivity contribution in [2.45, 2.75) is 70.9 Å². The highest BCUT2D eigenvalue weighted by Gasteiger charge is 2.28. The van der Waals surface area contributed by atoms with Gasteiger partial charge in [-0.2, -0.15) is 0 Å². The van der Waals surface area contributed by atoms with Gasteiger partial charge in [-0.05, 0) is 44.9 Å². The molecule has 2 rings (SSSR count). The van der Waals surface area contributed by atoms with Crippen LogP contribution in [0.25, 0.3) is 0 Å². The van der Waals surface area contributed by atoms with Crippen LogP contribution in [0.3, 0.4) is 0 Å². The van der Waals surface area contributed by atoms with Gasteiger partial charge in [-0.3, -0.25) is 4.79 Å². The first-order valence-electron chi connectivity index (χ1n) is 7.89. The molecule has 1 heterocycles. The number of hydrogen-bond donors (Lipinski definition) is 1. The molecular weight excluding hydrogens is 236 g/mol. The van der Waals surface area contributed by atoms with Crippen LogP contribution in [0.5, 0.6) is 0 Å². The summed E-state index contributed by atoms with van der Waals surface area (Å²) >= 11 is 0. The maximum atomic E-state index is 12.4. The number of carbonyl (C=O) groups excluding carboxylic acids is 1. The van der Waals surface area contributed by atoms with Crippen LogP contribution < -0.4 is 5.32 Å². The lowest BCUT2D eigenvalue weighted by Gasteiger charge is -2.34. The summed E-state index contributed by atoms with van der Waals surface area (Å²) in [5.74, 6) is 0.316. The predicted octanol–water partition coefficient (Wildman–Crippen LogP) is 2.87. The summed E-state index contributed by atoms with van der Waals surface area (Å²) in [7, 11) is 0. The minimum atomic E-state index is 0.0501. The van der Waals surface area contributed by atoms with E-state index in [4.69, 9.17) is 0 Å². The zero-order valence-corrected chi connectivity index (χ0v) is 12.5. The quantitative estimate of drug-likeness (QED) is 0.774. The summed E-state index contributed by atoms with van der Waals surface area (Å²) in [6, 6.07) is 0.434. The molecule has 0 bridgehead atoms. The summed E-state index contributed by atoms with van der Waals surface area (Å²) in [5.41, 5.74) is 1.57. The molecule has 0 aromatic heterocycles. The first kappa shape index (κ1) is 14.6. The fraction of sp³-hybridized carbons (Fsp3) is 0.812. The smallest absolute Gasteiger partial charge is 0.239 e. The van der Waals surface area contributed by atoms with Crippen molar-refractivity contribution in [2.24, 2.45) is 0 Å². The van der Waals surface area contributed by atoms with Crippen molar-refractivity contribution in [1.82, 2.24) is 10.2 Å². The van der Waals surface area contributed by atoms with Gasteiger partial charge in [0.05, 0.1) is 6.04 Å². The van der Waals surface area contributed by atoms with E-state index in [9.17, 15) is 4.79 Å². The highest BCUT2D eigenvalue weighted by molar-refractivity contribution is 5.82. The standard InChI is InChI=1S/C16H28N2O/c1-13(2)17-15-9-6-11-18(16(15)19)12-10-14-7-4-3-5-8-14/h7,13,15,17H,3-6,8-12H2,1-2H3. The summed E-state index contributed by atoms with van der Waals surface area (Å²) < 4.78 is 0. The van der Waals surface area contributed by atoms with Crippen LogP contribution in [0.1, 0.15) is 58.8 Å². The molecule has 1 amide bonds. The van der Waals surface area contributed by atoms with E-state index in [2.05, 4.69) is 30.1 Å². The van der Waals surface area contributed by atoms with E-state index in [1.165, 1.54) is 25.7 Å². The van der Waals surface area contributed by atoms with Crippen molar-refractivity contribution in [3.63, 3.8) is 0 Å². The normalized spacial score (nSPS) is 24.8. The average molecular weight is 264 g/mol. The Bertz CT molecular complexity index is 336. The molecule has 1 N–H and O–H groups in total. The highest BCUT2D eigenvalue weighted by Crippen LogP contribution is 2.21. The second-order valence-electron chi connectivity index (χ2n) is 6.20. The van der Waals surface area contributed by atoms with Gasteiger partial charge in [0, 0.05) is 19.1 Å². The number of hydrogen-bond acceptors (Lipinski definition) is 2. The van der Waals surface area contributed by atoms with Crippen LogP contribution in [-0.2, 0) is 4.79 Å². The minimum Gasteiger partial charge on any atom is -0.341 e. The summed E-state index contributed by atoms with van der Waals surface area (Å²) in [6.45, 7) is 6.08. The lowest BCUT2D eigenvalue weighted by Crippen LogP contribution is -2.52. The van der Waals surface area contributed by atoms with Crippen molar-refractivity contribution in [2.75, 3.05) is 13.1 Å². The number of nitrogens with one attached hydrogen (secondary N) is 1. The van der Waals surface area contributed by atoms with Gasteiger partial charge in [0.15, 0.2) is 0 Å². The fourth-order valence-corrected chi connectivity index (χ4v) is 3.13. The van der Waals surface area contributed by atoms with Crippen LogP contribution in [0.4, 0.5) is 0 Å². The molecule has 2 aliphatic rings. The fourth-order valence-electron chi connectivity index (χ4n) is 3.13. The number of amides is 1. The molecule has 3 nitrogen and oxygen atoms in total. The van der Waals surface area contributed by atoms with Crippen molar-refractivity contribution in [1.29, 1.82) is 0 Å². The van der Waals surface area contributed by atoms with Gasteiger partial charge in [-0.25, -0.2) is 0 Å². The van der Waals surface area contributed by atoms with E-state index in [-0.39, 0.29) is 6.04 Å². The van der Waals surface area contributed by atoms with Gasteiger partial charge in [0.1, 0.15) is 0 Å². The molecule has 0 aromatic carbocycles. The van der Waals surface area contributed by atoms with Crippen molar-refractivity contribution >= 4 is 5.91 Å². The molecule has 1 aliphatic carbocycles. The summed E-state index contributed by atoms with van der Waals surface area (Å²) in [4.78, 5) is 14.4. The van der Waals surface area contributed by atoms with Crippen LogP contribution in [-0.4, -0.2) is 36.0 Å². The minimum absolute atomic E-state index is 0.0501. The Labute approximate surface area is 117 Å². The molecule has 1 aliphatic heterocycles. The third kappa shape index (κ3) is 4.34. The van der Waals surface area contributed by atoms with Crippen molar-refractivity contribution in [3.05, 3.63) is 11.6 Å². The Morgan fingerprint density at radius 3 is 2.89 bits per heavy atom. The SMILES string of the molecule is CC(C)NC1CCCN(CCC2=CCCCC2)C1=O. The molecule has 1 saturated heterocycles. The zero-order valence-electron chi connectivity index (χ0n) is 12.5. The van der Waals surface area contributed by atoms with Crippen molar-refractivity contribution < 1.29 is 4.79 Å². The molecule has 0 spiro atoms. The second-order valence-corrected chi connectivity index (χ2v) is 6.20. The summed E-state index contributed by atoms with van der Waals surface area (Å²) in [5, 5.41) is 3.39. The molecule has 3 heteroatoms. The third-order valence-electron chi connectivity index (χ3n) is 4.15. The van der Waals surface area contributed by atoms with Crippen LogP contribution in [0.15, 0.2) is 11.6 Å². The molecule has 108 valence electrons. The Kier molecular flexibility index (Phi) is 5.44. The lowest BCUT2D eigenvalue weighted by atomic mass is 9.96. The second kappa shape index (κ2) is 7.09. The van der Waals surface area contributed by atoms with E-state index in [0.717, 1.165) is 32.4 Å². The zero-order chi connectivity index (χ0) is 13.7. The van der Waals surface area contributed by atoms with Crippen molar-refractivity contribution in [3.8, 4) is 0 Å². The third-order valence-corrected chi connectivity index (χ3v) is 4.15.